The molecule has 2 heterocycles. The van der Waals surface area contributed by atoms with Crippen molar-refractivity contribution in [2.45, 2.75) is 64.1 Å². The summed E-state index contributed by atoms with van der Waals surface area (Å²) in [4.78, 5) is 9.23. The van der Waals surface area contributed by atoms with Gasteiger partial charge in [0.15, 0.2) is 0 Å². The number of aromatic nitrogens is 1. The van der Waals surface area contributed by atoms with Crippen LogP contribution in [0.5, 0.6) is 0 Å². The molecule has 0 atom stereocenters. The third kappa shape index (κ3) is 3.67. The summed E-state index contributed by atoms with van der Waals surface area (Å²) >= 11 is 1.98. The number of nitrogens with zero attached hydrogens (tertiary/aromatic N) is 2. The van der Waals surface area contributed by atoms with Crippen LogP contribution >= 0.6 is 11.3 Å². The van der Waals surface area contributed by atoms with Crippen LogP contribution in [0, 0.1) is 0 Å². The Morgan fingerprint density at radius 1 is 1.16 bits per heavy atom. The van der Waals surface area contributed by atoms with Gasteiger partial charge in [0, 0.05) is 30.6 Å². The Bertz CT molecular complexity index is 678. The van der Waals surface area contributed by atoms with Crippen molar-refractivity contribution in [3.05, 3.63) is 51.5 Å². The molecule has 1 aliphatic carbocycles. The lowest BCUT2D eigenvalue weighted by Crippen LogP contribution is -2.53. The molecule has 2 aromatic rings. The van der Waals surface area contributed by atoms with E-state index in [0.29, 0.717) is 6.04 Å². The molecular weight excluding hydrogens is 326 g/mol. The van der Waals surface area contributed by atoms with E-state index < -0.39 is 0 Å². The second-order valence-corrected chi connectivity index (χ2v) is 8.97. The highest BCUT2D eigenvalue weighted by Crippen LogP contribution is 2.39. The fraction of sp³-hybridized carbons (Fsp3) is 0.571. The fourth-order valence-corrected chi connectivity index (χ4v) is 5.66. The minimum absolute atomic E-state index is 0.0797. The first-order valence-corrected chi connectivity index (χ1v) is 10.5. The maximum atomic E-state index is 5.09. The summed E-state index contributed by atoms with van der Waals surface area (Å²) in [5, 5.41) is 5.26. The van der Waals surface area contributed by atoms with Crippen LogP contribution in [0.2, 0.25) is 0 Å². The van der Waals surface area contributed by atoms with Gasteiger partial charge in [-0.2, -0.15) is 0 Å². The minimum Gasteiger partial charge on any atom is -0.303 e. The summed E-state index contributed by atoms with van der Waals surface area (Å²) < 4.78 is 0. The van der Waals surface area contributed by atoms with Crippen molar-refractivity contribution in [2.75, 3.05) is 13.1 Å². The molecule has 25 heavy (non-hydrogen) atoms. The van der Waals surface area contributed by atoms with Crippen molar-refractivity contribution in [1.82, 2.24) is 15.2 Å². The third-order valence-electron chi connectivity index (χ3n) is 5.53. The molecule has 2 aliphatic rings. The topological polar surface area (TPSA) is 28.2 Å². The van der Waals surface area contributed by atoms with Gasteiger partial charge in [-0.25, -0.2) is 4.98 Å². The SMILES string of the molecule is CC(C)NC1(c2nc3c(s2)CCC3)CCN(Cc2ccccc2)CC1. The Hall–Kier alpha value is -1.23. The van der Waals surface area contributed by atoms with E-state index in [1.807, 2.05) is 11.3 Å². The summed E-state index contributed by atoms with van der Waals surface area (Å²) in [7, 11) is 0. The lowest BCUT2D eigenvalue weighted by molar-refractivity contribution is 0.121. The quantitative estimate of drug-likeness (QED) is 0.874. The molecule has 1 aromatic heterocycles. The molecule has 3 nitrogen and oxygen atoms in total. The van der Waals surface area contributed by atoms with Gasteiger partial charge in [0.25, 0.3) is 0 Å². The summed E-state index contributed by atoms with van der Waals surface area (Å²) in [6.07, 6.45) is 6.04. The van der Waals surface area contributed by atoms with Gasteiger partial charge in [-0.3, -0.25) is 4.90 Å². The van der Waals surface area contributed by atoms with Crippen LogP contribution in [0.15, 0.2) is 30.3 Å². The van der Waals surface area contributed by atoms with Crippen molar-refractivity contribution in [2.24, 2.45) is 0 Å². The maximum Gasteiger partial charge on any atom is 0.113 e. The van der Waals surface area contributed by atoms with Crippen molar-refractivity contribution < 1.29 is 0 Å². The van der Waals surface area contributed by atoms with Crippen LogP contribution in [0.4, 0.5) is 0 Å². The number of thiazole rings is 1. The first kappa shape index (κ1) is 17.2. The number of fused-ring (bicyclic) bond motifs is 1. The molecule has 0 unspecified atom stereocenters. The molecule has 4 rings (SSSR count). The summed E-state index contributed by atoms with van der Waals surface area (Å²) in [5.74, 6) is 0. The van der Waals surface area contributed by atoms with Crippen LogP contribution in [-0.2, 0) is 24.9 Å². The van der Waals surface area contributed by atoms with E-state index in [-0.39, 0.29) is 5.54 Å². The Morgan fingerprint density at radius 3 is 2.60 bits per heavy atom. The number of hydrogen-bond donors (Lipinski definition) is 1. The molecule has 0 saturated carbocycles. The van der Waals surface area contributed by atoms with Gasteiger partial charge in [0.05, 0.1) is 11.2 Å². The van der Waals surface area contributed by atoms with E-state index in [9.17, 15) is 0 Å². The van der Waals surface area contributed by atoms with E-state index in [2.05, 4.69) is 54.4 Å². The number of hydrogen-bond acceptors (Lipinski definition) is 4. The zero-order chi connectivity index (χ0) is 17.3. The molecule has 134 valence electrons. The van der Waals surface area contributed by atoms with Gasteiger partial charge >= 0.3 is 0 Å². The molecule has 1 saturated heterocycles. The van der Waals surface area contributed by atoms with Crippen LogP contribution in [0.3, 0.4) is 0 Å². The number of benzene rings is 1. The molecule has 1 N–H and O–H groups in total. The second-order valence-electron chi connectivity index (χ2n) is 7.89. The monoisotopic (exact) mass is 355 g/mol. The van der Waals surface area contributed by atoms with Crippen molar-refractivity contribution in [3.8, 4) is 0 Å². The molecule has 1 aliphatic heterocycles. The molecule has 0 radical (unpaired) electrons. The summed E-state index contributed by atoms with van der Waals surface area (Å²) in [5.41, 5.74) is 2.88. The Morgan fingerprint density at radius 2 is 1.92 bits per heavy atom. The highest BCUT2D eigenvalue weighted by Gasteiger charge is 2.40. The van der Waals surface area contributed by atoms with Crippen LogP contribution in [0.25, 0.3) is 0 Å². The average molecular weight is 356 g/mol. The van der Waals surface area contributed by atoms with E-state index in [0.717, 1.165) is 32.5 Å². The number of piperidine rings is 1. The molecule has 4 heteroatoms. The molecule has 1 fully saturated rings. The predicted molar refractivity (Wildman–Crippen MR) is 105 cm³/mol. The number of nitrogens with one attached hydrogen (secondary N) is 1. The van der Waals surface area contributed by atoms with Crippen molar-refractivity contribution in [3.63, 3.8) is 0 Å². The predicted octanol–water partition coefficient (Wildman–Crippen LogP) is 4.12. The van der Waals surface area contributed by atoms with Crippen LogP contribution < -0.4 is 5.32 Å². The Balaban J connectivity index is 1.49. The fourth-order valence-electron chi connectivity index (χ4n) is 4.30. The second kappa shape index (κ2) is 7.18. The van der Waals surface area contributed by atoms with Gasteiger partial charge in [-0.05, 0) is 51.5 Å². The van der Waals surface area contributed by atoms with Crippen molar-refractivity contribution in [1.29, 1.82) is 0 Å². The van der Waals surface area contributed by atoms with Gasteiger partial charge in [0.2, 0.25) is 0 Å². The van der Waals surface area contributed by atoms with Gasteiger partial charge in [0.1, 0.15) is 5.01 Å². The zero-order valence-corrected chi connectivity index (χ0v) is 16.2. The largest absolute Gasteiger partial charge is 0.303 e. The molecule has 0 bridgehead atoms. The molecule has 0 spiro atoms. The smallest absolute Gasteiger partial charge is 0.113 e. The number of aryl methyl sites for hydroxylation is 2. The number of likely N-dealkylation sites (tertiary alicyclic amines) is 1. The van der Waals surface area contributed by atoms with Crippen LogP contribution in [-0.4, -0.2) is 29.0 Å². The molecular formula is C21H29N3S. The lowest BCUT2D eigenvalue weighted by atomic mass is 9.87. The Labute approximate surface area is 155 Å². The summed E-state index contributed by atoms with van der Waals surface area (Å²) in [6.45, 7) is 7.86. The first-order chi connectivity index (χ1) is 12.1. The maximum absolute atomic E-state index is 5.09. The van der Waals surface area contributed by atoms with E-state index in [1.165, 1.54) is 35.5 Å². The number of rotatable bonds is 5. The average Bonchev–Trinajstić information content (AvgIpc) is 3.19. The lowest BCUT2D eigenvalue weighted by Gasteiger charge is -2.42. The van der Waals surface area contributed by atoms with Gasteiger partial charge in [-0.15, -0.1) is 11.3 Å². The molecule has 0 amide bonds. The first-order valence-electron chi connectivity index (χ1n) is 9.68. The third-order valence-corrected chi connectivity index (χ3v) is 6.89. The van der Waals surface area contributed by atoms with Crippen LogP contribution in [0.1, 0.15) is 54.3 Å². The van der Waals surface area contributed by atoms with E-state index in [1.54, 1.807) is 4.88 Å². The van der Waals surface area contributed by atoms with Gasteiger partial charge in [-0.1, -0.05) is 30.3 Å². The van der Waals surface area contributed by atoms with Crippen molar-refractivity contribution >= 4 is 11.3 Å². The summed E-state index contributed by atoms with van der Waals surface area (Å²) in [6, 6.07) is 11.3. The van der Waals surface area contributed by atoms with Gasteiger partial charge < -0.3 is 5.32 Å². The van der Waals surface area contributed by atoms with E-state index >= 15 is 0 Å². The van der Waals surface area contributed by atoms with E-state index in [4.69, 9.17) is 4.98 Å². The standard InChI is InChI=1S/C21H29N3S/c1-16(2)23-21(20-22-18-9-6-10-19(18)25-20)11-13-24(14-12-21)15-17-7-4-3-5-8-17/h3-5,7-8,16,23H,6,9-15H2,1-2H3. The highest BCUT2D eigenvalue weighted by molar-refractivity contribution is 7.12. The Kier molecular flexibility index (Phi) is 4.94. The normalized spacial score (nSPS) is 20.1. The highest BCUT2D eigenvalue weighted by atomic mass is 32.1. The zero-order valence-electron chi connectivity index (χ0n) is 15.4. The minimum atomic E-state index is 0.0797. The molecule has 1 aromatic carbocycles.